The van der Waals surface area contributed by atoms with Crippen LogP contribution in [0.5, 0.6) is 5.75 Å². The molecule has 0 atom stereocenters. The van der Waals surface area contributed by atoms with E-state index in [1.54, 1.807) is 28.3 Å². The molecule has 0 amide bonds. The van der Waals surface area contributed by atoms with Gasteiger partial charge >= 0.3 is 5.69 Å². The molecule has 4 aromatic rings. The molecule has 152 valence electrons. The number of pyridine rings is 1. The van der Waals surface area contributed by atoms with Crippen LogP contribution >= 0.6 is 11.3 Å². The maximum Gasteiger partial charge on any atom is 0.355 e. The fraction of sp³-hybridized carbons (Fsp3) is 0.273. The largest absolute Gasteiger partial charge is 0.489 e. The summed E-state index contributed by atoms with van der Waals surface area (Å²) >= 11 is 1.64. The van der Waals surface area contributed by atoms with Crippen molar-refractivity contribution in [1.29, 1.82) is 0 Å². The van der Waals surface area contributed by atoms with E-state index < -0.39 is 0 Å². The van der Waals surface area contributed by atoms with E-state index in [4.69, 9.17) is 9.72 Å². The standard InChI is InChI=1S/C22H21N5O2S/c1-26(2)19-18-20(24-21(30-18)15-8-9-15)27(22(28)25-19)16-6-3-7-17(11-16)29-13-14-5-4-10-23-12-14/h3-7,10-12,15H,8-9,13H2,1-2H3. The summed E-state index contributed by atoms with van der Waals surface area (Å²) in [6, 6.07) is 11.3. The summed E-state index contributed by atoms with van der Waals surface area (Å²) in [6.45, 7) is 0.405. The van der Waals surface area contributed by atoms with Gasteiger partial charge in [-0.25, -0.2) is 14.3 Å². The summed E-state index contributed by atoms with van der Waals surface area (Å²) in [4.78, 5) is 28.2. The highest BCUT2D eigenvalue weighted by molar-refractivity contribution is 7.19. The van der Waals surface area contributed by atoms with E-state index >= 15 is 0 Å². The number of anilines is 1. The molecule has 1 saturated carbocycles. The molecule has 5 rings (SSSR count). The Kier molecular flexibility index (Phi) is 4.71. The van der Waals surface area contributed by atoms with Gasteiger partial charge in [0.05, 0.1) is 10.7 Å². The maximum atomic E-state index is 13.0. The lowest BCUT2D eigenvalue weighted by Crippen LogP contribution is -2.25. The van der Waals surface area contributed by atoms with Crippen LogP contribution in [0.4, 0.5) is 5.82 Å². The Balaban J connectivity index is 1.56. The zero-order valence-corrected chi connectivity index (χ0v) is 17.6. The van der Waals surface area contributed by atoms with Gasteiger partial charge in [0.1, 0.15) is 17.1 Å². The Bertz CT molecular complexity index is 1260. The number of fused-ring (bicyclic) bond motifs is 1. The second kappa shape index (κ2) is 7.53. The molecule has 3 heterocycles. The number of thiazole rings is 1. The van der Waals surface area contributed by atoms with Crippen molar-refractivity contribution >= 4 is 27.5 Å². The number of benzene rings is 1. The van der Waals surface area contributed by atoms with Crippen LogP contribution in [-0.4, -0.2) is 33.6 Å². The van der Waals surface area contributed by atoms with Crippen LogP contribution in [0.15, 0.2) is 53.6 Å². The zero-order valence-electron chi connectivity index (χ0n) is 16.8. The van der Waals surface area contributed by atoms with Crippen molar-refractivity contribution < 1.29 is 4.74 Å². The topological polar surface area (TPSA) is 73.1 Å². The van der Waals surface area contributed by atoms with Crippen molar-refractivity contribution in [2.24, 2.45) is 0 Å². The molecule has 30 heavy (non-hydrogen) atoms. The Morgan fingerprint density at radius 3 is 2.80 bits per heavy atom. The molecule has 3 aromatic heterocycles. The van der Waals surface area contributed by atoms with Crippen LogP contribution in [0.2, 0.25) is 0 Å². The molecule has 1 aliphatic rings. The summed E-state index contributed by atoms with van der Waals surface area (Å²) in [6.07, 6.45) is 5.82. The van der Waals surface area contributed by atoms with E-state index in [9.17, 15) is 4.79 Å². The third-order valence-corrected chi connectivity index (χ3v) is 6.19. The summed E-state index contributed by atoms with van der Waals surface area (Å²) in [7, 11) is 3.80. The van der Waals surface area contributed by atoms with Gasteiger partial charge in [-0.3, -0.25) is 4.98 Å². The Morgan fingerprint density at radius 2 is 2.07 bits per heavy atom. The van der Waals surface area contributed by atoms with Crippen molar-refractivity contribution in [1.82, 2.24) is 19.5 Å². The van der Waals surface area contributed by atoms with E-state index in [2.05, 4.69) is 9.97 Å². The van der Waals surface area contributed by atoms with E-state index in [1.807, 2.05) is 55.4 Å². The van der Waals surface area contributed by atoms with E-state index in [1.165, 1.54) is 0 Å². The predicted molar refractivity (Wildman–Crippen MR) is 118 cm³/mol. The SMILES string of the molecule is CN(C)c1nc(=O)n(-c2cccc(OCc3cccnc3)c2)c2nc(C3CC3)sc12. The number of hydrogen-bond acceptors (Lipinski definition) is 7. The normalized spacial score (nSPS) is 13.5. The Labute approximate surface area is 177 Å². The first kappa shape index (κ1) is 18.7. The minimum Gasteiger partial charge on any atom is -0.489 e. The molecule has 8 heteroatoms. The smallest absolute Gasteiger partial charge is 0.355 e. The second-order valence-corrected chi connectivity index (χ2v) is 8.60. The molecule has 0 spiro atoms. The quantitative estimate of drug-likeness (QED) is 0.474. The summed E-state index contributed by atoms with van der Waals surface area (Å²) in [5, 5.41) is 1.08. The highest BCUT2D eigenvalue weighted by Crippen LogP contribution is 2.44. The lowest BCUT2D eigenvalue weighted by Gasteiger charge is -2.14. The highest BCUT2D eigenvalue weighted by atomic mass is 32.1. The molecule has 7 nitrogen and oxygen atoms in total. The van der Waals surface area contributed by atoms with Gasteiger partial charge in [-0.2, -0.15) is 4.98 Å². The first-order chi connectivity index (χ1) is 14.6. The molecule has 0 bridgehead atoms. The van der Waals surface area contributed by atoms with Crippen LogP contribution in [0, 0.1) is 0 Å². The zero-order chi connectivity index (χ0) is 20.7. The number of nitrogens with zero attached hydrogens (tertiary/aromatic N) is 5. The van der Waals surface area contributed by atoms with Gasteiger partial charge in [-0.1, -0.05) is 12.1 Å². The second-order valence-electron chi connectivity index (χ2n) is 7.57. The van der Waals surface area contributed by atoms with Crippen LogP contribution in [0.1, 0.15) is 29.3 Å². The molecule has 0 N–H and O–H groups in total. The van der Waals surface area contributed by atoms with Gasteiger partial charge in [-0.15, -0.1) is 11.3 Å². The Hall–Kier alpha value is -3.26. The maximum absolute atomic E-state index is 13.0. The highest BCUT2D eigenvalue weighted by Gasteiger charge is 2.29. The average Bonchev–Trinajstić information content (AvgIpc) is 3.51. The molecule has 0 saturated heterocycles. The van der Waals surface area contributed by atoms with E-state index in [-0.39, 0.29) is 5.69 Å². The molecular weight excluding hydrogens is 398 g/mol. The summed E-state index contributed by atoms with van der Waals surface area (Å²) < 4.78 is 8.44. The minimum absolute atomic E-state index is 0.344. The first-order valence-corrected chi connectivity index (χ1v) is 10.6. The van der Waals surface area contributed by atoms with Crippen LogP contribution < -0.4 is 15.3 Å². The van der Waals surface area contributed by atoms with Crippen molar-refractivity contribution in [2.75, 3.05) is 19.0 Å². The fourth-order valence-electron chi connectivity index (χ4n) is 3.31. The molecule has 1 fully saturated rings. The average molecular weight is 420 g/mol. The summed E-state index contributed by atoms with van der Waals surface area (Å²) in [5.74, 6) is 1.85. The van der Waals surface area contributed by atoms with Crippen molar-refractivity contribution in [3.8, 4) is 11.4 Å². The van der Waals surface area contributed by atoms with Gasteiger partial charge in [0.15, 0.2) is 11.5 Å². The lowest BCUT2D eigenvalue weighted by atomic mass is 10.3. The monoisotopic (exact) mass is 419 g/mol. The molecule has 1 aliphatic carbocycles. The van der Waals surface area contributed by atoms with E-state index in [0.717, 1.165) is 28.1 Å². The number of ether oxygens (including phenoxy) is 1. The molecular formula is C22H21N5O2S. The lowest BCUT2D eigenvalue weighted by molar-refractivity contribution is 0.305. The van der Waals surface area contributed by atoms with Gasteiger partial charge < -0.3 is 9.64 Å². The minimum atomic E-state index is -0.344. The molecule has 0 aliphatic heterocycles. The van der Waals surface area contributed by atoms with E-state index in [0.29, 0.717) is 35.4 Å². The van der Waals surface area contributed by atoms with Crippen LogP contribution in [0.25, 0.3) is 16.0 Å². The van der Waals surface area contributed by atoms with Gasteiger partial charge in [0.2, 0.25) is 0 Å². The van der Waals surface area contributed by atoms with Crippen molar-refractivity contribution in [3.63, 3.8) is 0 Å². The molecule has 0 radical (unpaired) electrons. The predicted octanol–water partition coefficient (Wildman–Crippen LogP) is 3.76. The number of aromatic nitrogens is 4. The van der Waals surface area contributed by atoms with Gasteiger partial charge in [-0.05, 0) is 31.0 Å². The third kappa shape index (κ3) is 3.54. The third-order valence-electron chi connectivity index (χ3n) is 4.99. The number of rotatable bonds is 6. The van der Waals surface area contributed by atoms with Crippen molar-refractivity contribution in [3.05, 3.63) is 69.8 Å². The van der Waals surface area contributed by atoms with Crippen LogP contribution in [-0.2, 0) is 6.61 Å². The fourth-order valence-corrected chi connectivity index (χ4v) is 4.60. The first-order valence-electron chi connectivity index (χ1n) is 9.83. The summed E-state index contributed by atoms with van der Waals surface area (Å²) in [5.41, 5.74) is 1.99. The van der Waals surface area contributed by atoms with Crippen LogP contribution in [0.3, 0.4) is 0 Å². The van der Waals surface area contributed by atoms with Crippen molar-refractivity contribution in [2.45, 2.75) is 25.4 Å². The molecule has 1 aromatic carbocycles. The molecule has 0 unspecified atom stereocenters. The Morgan fingerprint density at radius 1 is 1.20 bits per heavy atom. The number of hydrogen-bond donors (Lipinski definition) is 0. The van der Waals surface area contributed by atoms with Gasteiger partial charge in [0, 0.05) is 44.0 Å². The van der Waals surface area contributed by atoms with Gasteiger partial charge in [0.25, 0.3) is 0 Å².